The summed E-state index contributed by atoms with van der Waals surface area (Å²) < 4.78 is 26.5. The van der Waals surface area contributed by atoms with Gasteiger partial charge in [0.05, 0.1) is 5.69 Å². The first-order chi connectivity index (χ1) is 13.5. The van der Waals surface area contributed by atoms with Gasteiger partial charge in [0.1, 0.15) is 11.6 Å². The second kappa shape index (κ2) is 8.77. The van der Waals surface area contributed by atoms with Crippen molar-refractivity contribution >= 4 is 23.3 Å². The largest absolute Gasteiger partial charge is 0.334 e. The number of anilines is 2. The molecule has 0 aliphatic carbocycles. The maximum atomic E-state index is 13.5. The van der Waals surface area contributed by atoms with Crippen LogP contribution >= 0.6 is 0 Å². The molecule has 3 aromatic carbocycles. The lowest BCUT2D eigenvalue weighted by molar-refractivity contribution is 0.102. The van der Waals surface area contributed by atoms with Crippen molar-refractivity contribution in [2.75, 3.05) is 10.6 Å². The molecule has 0 aromatic heterocycles. The lowest BCUT2D eigenvalue weighted by Gasteiger charge is -2.10. The molecule has 0 bridgehead atoms. The van der Waals surface area contributed by atoms with Crippen LogP contribution in [0.2, 0.25) is 0 Å². The van der Waals surface area contributed by atoms with Gasteiger partial charge in [0.15, 0.2) is 0 Å². The van der Waals surface area contributed by atoms with E-state index in [1.165, 1.54) is 42.5 Å². The van der Waals surface area contributed by atoms with Crippen LogP contribution < -0.4 is 16.0 Å². The van der Waals surface area contributed by atoms with E-state index in [1.54, 1.807) is 30.3 Å². The Morgan fingerprint density at radius 2 is 1.57 bits per heavy atom. The Hall–Kier alpha value is -3.74. The number of urea groups is 1. The van der Waals surface area contributed by atoms with Crippen LogP contribution in [0, 0.1) is 11.6 Å². The molecule has 0 saturated heterocycles. The van der Waals surface area contributed by atoms with Crippen LogP contribution in [0.15, 0.2) is 72.8 Å². The van der Waals surface area contributed by atoms with Gasteiger partial charge in [0, 0.05) is 17.8 Å². The summed E-state index contributed by atoms with van der Waals surface area (Å²) >= 11 is 0. The fraction of sp³-hybridized carbons (Fsp3) is 0.0476. The first-order valence-corrected chi connectivity index (χ1v) is 8.46. The number of amides is 3. The molecule has 0 aliphatic rings. The van der Waals surface area contributed by atoms with Crippen LogP contribution in [0.1, 0.15) is 15.9 Å². The number of hydrogen-bond acceptors (Lipinski definition) is 2. The van der Waals surface area contributed by atoms with Gasteiger partial charge in [0.2, 0.25) is 0 Å². The molecule has 0 saturated carbocycles. The molecule has 0 spiro atoms. The van der Waals surface area contributed by atoms with E-state index in [-0.39, 0.29) is 18.1 Å². The Morgan fingerprint density at radius 3 is 2.32 bits per heavy atom. The molecule has 28 heavy (non-hydrogen) atoms. The van der Waals surface area contributed by atoms with Crippen LogP contribution in [0.4, 0.5) is 25.0 Å². The molecule has 0 aliphatic heterocycles. The van der Waals surface area contributed by atoms with Crippen LogP contribution in [0.5, 0.6) is 0 Å². The Bertz CT molecular complexity index is 991. The van der Waals surface area contributed by atoms with Gasteiger partial charge in [-0.25, -0.2) is 13.6 Å². The third-order valence-electron chi connectivity index (χ3n) is 3.87. The van der Waals surface area contributed by atoms with Gasteiger partial charge < -0.3 is 16.0 Å². The summed E-state index contributed by atoms with van der Waals surface area (Å²) in [4.78, 5) is 24.1. The Labute approximate surface area is 160 Å². The van der Waals surface area contributed by atoms with Crippen molar-refractivity contribution in [1.29, 1.82) is 0 Å². The summed E-state index contributed by atoms with van der Waals surface area (Å²) in [7, 11) is 0. The first kappa shape index (κ1) is 19.0. The molecule has 0 unspecified atom stereocenters. The molecular weight excluding hydrogens is 364 g/mol. The average molecular weight is 381 g/mol. The highest BCUT2D eigenvalue weighted by molar-refractivity contribution is 6.04. The maximum absolute atomic E-state index is 13.5. The third-order valence-corrected chi connectivity index (χ3v) is 3.87. The predicted octanol–water partition coefficient (Wildman–Crippen LogP) is 4.54. The molecule has 0 heterocycles. The van der Waals surface area contributed by atoms with Crippen molar-refractivity contribution in [3.63, 3.8) is 0 Å². The molecule has 3 rings (SSSR count). The highest BCUT2D eigenvalue weighted by Crippen LogP contribution is 2.14. The number of carbonyl (C=O) groups is 2. The van der Waals surface area contributed by atoms with Crippen LogP contribution in [0.3, 0.4) is 0 Å². The molecule has 0 radical (unpaired) electrons. The van der Waals surface area contributed by atoms with Crippen molar-refractivity contribution in [2.45, 2.75) is 6.54 Å². The molecule has 0 fully saturated rings. The number of carbonyl (C=O) groups excluding carboxylic acids is 2. The number of nitrogens with one attached hydrogen (secondary N) is 3. The van der Waals surface area contributed by atoms with Gasteiger partial charge in [-0.1, -0.05) is 24.3 Å². The van der Waals surface area contributed by atoms with E-state index in [0.29, 0.717) is 11.3 Å². The first-order valence-electron chi connectivity index (χ1n) is 8.46. The molecule has 5 nitrogen and oxygen atoms in total. The van der Waals surface area contributed by atoms with E-state index in [2.05, 4.69) is 16.0 Å². The summed E-state index contributed by atoms with van der Waals surface area (Å²) in [6.07, 6.45) is 0. The molecule has 142 valence electrons. The van der Waals surface area contributed by atoms with Gasteiger partial charge in [-0.3, -0.25) is 4.79 Å². The zero-order valence-electron chi connectivity index (χ0n) is 14.7. The number of rotatable bonds is 5. The van der Waals surface area contributed by atoms with Gasteiger partial charge in [0.25, 0.3) is 5.91 Å². The average Bonchev–Trinajstić information content (AvgIpc) is 2.69. The number of halogens is 2. The minimum Gasteiger partial charge on any atom is -0.334 e. The summed E-state index contributed by atoms with van der Waals surface area (Å²) in [5.74, 6) is -1.32. The lowest BCUT2D eigenvalue weighted by Crippen LogP contribution is -2.28. The van der Waals surface area contributed by atoms with E-state index in [0.717, 1.165) is 5.56 Å². The third kappa shape index (κ3) is 5.14. The molecule has 0 atom stereocenters. The topological polar surface area (TPSA) is 70.2 Å². The minimum absolute atomic E-state index is 0.0836. The smallest absolute Gasteiger partial charge is 0.319 e. The van der Waals surface area contributed by atoms with Gasteiger partial charge in [-0.05, 0) is 54.1 Å². The fourth-order valence-electron chi connectivity index (χ4n) is 2.48. The predicted molar refractivity (Wildman–Crippen MR) is 103 cm³/mol. The minimum atomic E-state index is -0.550. The number of benzene rings is 3. The quantitative estimate of drug-likeness (QED) is 0.607. The van der Waals surface area contributed by atoms with E-state index < -0.39 is 17.7 Å². The SMILES string of the molecule is O=C(NCc1cccc(NC(=O)c2ccc(F)cc2)c1)Nc1ccccc1F. The zero-order chi connectivity index (χ0) is 19.9. The maximum Gasteiger partial charge on any atom is 0.319 e. The zero-order valence-corrected chi connectivity index (χ0v) is 14.7. The van der Waals surface area contributed by atoms with Crippen molar-refractivity contribution in [3.05, 3.63) is 95.6 Å². The summed E-state index contributed by atoms with van der Waals surface area (Å²) in [6, 6.07) is 17.4. The number of hydrogen-bond donors (Lipinski definition) is 3. The Morgan fingerprint density at radius 1 is 0.821 bits per heavy atom. The van der Waals surface area contributed by atoms with Crippen LogP contribution in [-0.4, -0.2) is 11.9 Å². The molecule has 3 amide bonds. The van der Waals surface area contributed by atoms with E-state index in [9.17, 15) is 18.4 Å². The van der Waals surface area contributed by atoms with E-state index in [1.807, 2.05) is 0 Å². The van der Waals surface area contributed by atoms with Crippen LogP contribution in [0.25, 0.3) is 0 Å². The highest BCUT2D eigenvalue weighted by Gasteiger charge is 2.08. The van der Waals surface area contributed by atoms with Gasteiger partial charge in [-0.2, -0.15) is 0 Å². The van der Waals surface area contributed by atoms with E-state index >= 15 is 0 Å². The van der Waals surface area contributed by atoms with Crippen molar-refractivity contribution in [3.8, 4) is 0 Å². The monoisotopic (exact) mass is 381 g/mol. The van der Waals surface area contributed by atoms with Crippen molar-refractivity contribution in [2.24, 2.45) is 0 Å². The standard InChI is InChI=1S/C21H17F2N3O2/c22-16-10-8-15(9-11-16)20(27)25-17-5-3-4-14(12-17)13-24-21(28)26-19-7-2-1-6-18(19)23/h1-12H,13H2,(H,25,27)(H2,24,26,28). The van der Waals surface area contributed by atoms with Crippen LogP contribution in [-0.2, 0) is 6.54 Å². The molecule has 3 N–H and O–H groups in total. The fourth-order valence-corrected chi connectivity index (χ4v) is 2.48. The summed E-state index contributed by atoms with van der Waals surface area (Å²) in [5, 5.41) is 7.76. The summed E-state index contributed by atoms with van der Waals surface area (Å²) in [6.45, 7) is 0.181. The Balaban J connectivity index is 1.57. The molecule has 3 aromatic rings. The van der Waals surface area contributed by atoms with Gasteiger partial charge in [-0.15, -0.1) is 0 Å². The molecule has 7 heteroatoms. The Kier molecular flexibility index (Phi) is 5.96. The number of para-hydroxylation sites is 1. The highest BCUT2D eigenvalue weighted by atomic mass is 19.1. The van der Waals surface area contributed by atoms with E-state index in [4.69, 9.17) is 0 Å². The second-order valence-corrected chi connectivity index (χ2v) is 5.95. The lowest BCUT2D eigenvalue weighted by atomic mass is 10.1. The summed E-state index contributed by atoms with van der Waals surface area (Å²) in [5.41, 5.74) is 1.68. The van der Waals surface area contributed by atoms with Crippen molar-refractivity contribution < 1.29 is 18.4 Å². The second-order valence-electron chi connectivity index (χ2n) is 5.95. The van der Waals surface area contributed by atoms with Gasteiger partial charge >= 0.3 is 6.03 Å². The normalized spacial score (nSPS) is 10.2. The molecular formula is C21H17F2N3O2. The van der Waals surface area contributed by atoms with Crippen molar-refractivity contribution in [1.82, 2.24) is 5.32 Å².